The van der Waals surface area contributed by atoms with Gasteiger partial charge in [0.1, 0.15) is 0 Å². The third-order valence-corrected chi connectivity index (χ3v) is 4.36. The minimum Gasteiger partial charge on any atom is -0.393 e. The molecule has 0 aromatic carbocycles. The van der Waals surface area contributed by atoms with E-state index in [9.17, 15) is 5.11 Å². The van der Waals surface area contributed by atoms with Gasteiger partial charge in [0.2, 0.25) is 0 Å². The molecule has 84 valence electrons. The molecule has 2 rings (SSSR count). The molecule has 1 heterocycles. The molecule has 0 unspecified atom stereocenters. The predicted octanol–water partition coefficient (Wildman–Crippen LogP) is 0.826. The molecule has 0 bridgehead atoms. The Hall–Kier alpha value is -0.650. The molecule has 4 nitrogen and oxygen atoms in total. The second kappa shape index (κ2) is 3.43. The number of aromatic nitrogens is 1. The van der Waals surface area contributed by atoms with Crippen LogP contribution < -0.4 is 10.6 Å². The average Bonchev–Trinajstić information content (AvgIpc) is 2.45. The van der Waals surface area contributed by atoms with Crippen LogP contribution in [0.4, 0.5) is 5.13 Å². The lowest BCUT2D eigenvalue weighted by molar-refractivity contribution is 0.0224. The van der Waals surface area contributed by atoms with E-state index >= 15 is 0 Å². The first kappa shape index (κ1) is 10.9. The summed E-state index contributed by atoms with van der Waals surface area (Å²) in [5.41, 5.74) is 6.88. The van der Waals surface area contributed by atoms with Gasteiger partial charge in [0.15, 0.2) is 5.13 Å². The smallest absolute Gasteiger partial charge is 0.185 e. The van der Waals surface area contributed by atoms with Gasteiger partial charge < -0.3 is 15.7 Å². The molecular formula is C10H17N3OS. The maximum atomic E-state index is 9.35. The fraction of sp³-hybridized carbons (Fsp3) is 0.700. The number of nitrogens with two attached hydrogens (primary N) is 1. The highest BCUT2D eigenvalue weighted by atomic mass is 32.1. The zero-order chi connectivity index (χ0) is 11.2. The van der Waals surface area contributed by atoms with Gasteiger partial charge in [0.05, 0.1) is 17.3 Å². The van der Waals surface area contributed by atoms with Gasteiger partial charge in [-0.25, -0.2) is 4.98 Å². The van der Waals surface area contributed by atoms with E-state index in [0.29, 0.717) is 12.8 Å². The highest BCUT2D eigenvalue weighted by Gasteiger charge is 2.44. The van der Waals surface area contributed by atoms with Gasteiger partial charge in [-0.15, -0.1) is 0 Å². The Bertz CT molecular complexity index is 369. The van der Waals surface area contributed by atoms with Gasteiger partial charge in [-0.05, 0) is 19.8 Å². The zero-order valence-electron chi connectivity index (χ0n) is 9.32. The lowest BCUT2D eigenvalue weighted by Crippen LogP contribution is -2.51. The van der Waals surface area contributed by atoms with E-state index in [4.69, 9.17) is 5.73 Å². The van der Waals surface area contributed by atoms with Crippen molar-refractivity contribution in [3.8, 4) is 0 Å². The average molecular weight is 227 g/mol. The van der Waals surface area contributed by atoms with Crippen LogP contribution in [0.5, 0.6) is 0 Å². The number of aliphatic hydroxyl groups excluding tert-OH is 1. The van der Waals surface area contributed by atoms with Gasteiger partial charge in [-0.2, -0.15) is 0 Å². The Morgan fingerprint density at radius 2 is 2.13 bits per heavy atom. The van der Waals surface area contributed by atoms with Crippen molar-refractivity contribution < 1.29 is 5.11 Å². The first-order chi connectivity index (χ1) is 6.92. The first-order valence-corrected chi connectivity index (χ1v) is 5.86. The Balaban J connectivity index is 2.29. The monoisotopic (exact) mass is 227 g/mol. The summed E-state index contributed by atoms with van der Waals surface area (Å²) >= 11 is 1.63. The highest BCUT2D eigenvalue weighted by Crippen LogP contribution is 2.44. The van der Waals surface area contributed by atoms with Crippen LogP contribution in [0.3, 0.4) is 0 Å². The van der Waals surface area contributed by atoms with Gasteiger partial charge in [-0.1, -0.05) is 11.3 Å². The molecule has 0 radical (unpaired) electrons. The van der Waals surface area contributed by atoms with E-state index in [-0.39, 0.29) is 11.6 Å². The van der Waals surface area contributed by atoms with E-state index in [2.05, 4.69) is 4.98 Å². The summed E-state index contributed by atoms with van der Waals surface area (Å²) in [6, 6.07) is 0. The molecule has 1 aromatic heterocycles. The van der Waals surface area contributed by atoms with Crippen molar-refractivity contribution in [1.82, 2.24) is 4.98 Å². The third-order valence-electron chi connectivity index (χ3n) is 2.82. The Labute approximate surface area is 93.7 Å². The number of aryl methyl sites for hydroxylation is 1. The normalized spacial score (nSPS) is 30.1. The summed E-state index contributed by atoms with van der Waals surface area (Å²) in [6.45, 7) is 1.98. The fourth-order valence-corrected chi connectivity index (χ4v) is 3.11. The second-order valence-corrected chi connectivity index (χ2v) is 5.50. The summed E-state index contributed by atoms with van der Waals surface area (Å²) in [6.07, 6.45) is 1.07. The Morgan fingerprint density at radius 3 is 2.53 bits per heavy atom. The SMILES string of the molecule is Cc1nc(N(C)C)sc1C1(N)CC(O)C1. The van der Waals surface area contributed by atoms with Crippen LogP contribution in [-0.4, -0.2) is 30.3 Å². The van der Waals surface area contributed by atoms with Crippen molar-refractivity contribution in [2.75, 3.05) is 19.0 Å². The Morgan fingerprint density at radius 1 is 1.53 bits per heavy atom. The summed E-state index contributed by atoms with van der Waals surface area (Å²) in [7, 11) is 3.95. The van der Waals surface area contributed by atoms with Crippen molar-refractivity contribution >= 4 is 16.5 Å². The van der Waals surface area contributed by atoms with Gasteiger partial charge in [0, 0.05) is 19.0 Å². The fourth-order valence-electron chi connectivity index (χ4n) is 2.00. The van der Waals surface area contributed by atoms with Crippen LogP contribution in [0.2, 0.25) is 0 Å². The van der Waals surface area contributed by atoms with E-state index in [0.717, 1.165) is 15.7 Å². The molecule has 0 amide bonds. The quantitative estimate of drug-likeness (QED) is 0.785. The summed E-state index contributed by atoms with van der Waals surface area (Å²) < 4.78 is 0. The topological polar surface area (TPSA) is 62.4 Å². The molecule has 1 saturated carbocycles. The molecule has 0 saturated heterocycles. The molecule has 1 aromatic rings. The van der Waals surface area contributed by atoms with Crippen LogP contribution in [-0.2, 0) is 5.54 Å². The lowest BCUT2D eigenvalue weighted by atomic mass is 9.74. The maximum Gasteiger partial charge on any atom is 0.185 e. The summed E-state index contributed by atoms with van der Waals surface area (Å²) in [5, 5.41) is 10.3. The van der Waals surface area contributed by atoms with Crippen molar-refractivity contribution in [1.29, 1.82) is 0 Å². The summed E-state index contributed by atoms with van der Waals surface area (Å²) in [4.78, 5) is 7.57. The largest absolute Gasteiger partial charge is 0.393 e. The Kier molecular flexibility index (Phi) is 2.48. The van der Waals surface area contributed by atoms with Gasteiger partial charge >= 0.3 is 0 Å². The molecule has 0 spiro atoms. The van der Waals surface area contributed by atoms with Crippen LogP contribution >= 0.6 is 11.3 Å². The predicted molar refractivity (Wildman–Crippen MR) is 62.3 cm³/mol. The van der Waals surface area contributed by atoms with E-state index < -0.39 is 0 Å². The number of rotatable bonds is 2. The molecule has 1 fully saturated rings. The standard InChI is InChI=1S/C10H17N3OS/c1-6-8(10(11)4-7(14)5-10)15-9(12-6)13(2)3/h7,14H,4-5,11H2,1-3H3. The van der Waals surface area contributed by atoms with Crippen molar-refractivity contribution in [3.05, 3.63) is 10.6 Å². The lowest BCUT2D eigenvalue weighted by Gasteiger charge is -2.41. The van der Waals surface area contributed by atoms with Crippen LogP contribution in [0, 0.1) is 6.92 Å². The van der Waals surface area contributed by atoms with Crippen LogP contribution in [0.15, 0.2) is 0 Å². The van der Waals surface area contributed by atoms with Crippen molar-refractivity contribution in [3.63, 3.8) is 0 Å². The summed E-state index contributed by atoms with van der Waals surface area (Å²) in [5.74, 6) is 0. The molecule has 1 aliphatic rings. The van der Waals surface area contributed by atoms with Gasteiger partial charge in [0.25, 0.3) is 0 Å². The number of nitrogens with zero attached hydrogens (tertiary/aromatic N) is 2. The minimum atomic E-state index is -0.338. The zero-order valence-corrected chi connectivity index (χ0v) is 10.1. The first-order valence-electron chi connectivity index (χ1n) is 5.04. The number of thiazole rings is 1. The highest BCUT2D eigenvalue weighted by molar-refractivity contribution is 7.15. The molecule has 3 N–H and O–H groups in total. The molecule has 0 aliphatic heterocycles. The molecule has 5 heteroatoms. The number of anilines is 1. The van der Waals surface area contributed by atoms with Crippen LogP contribution in [0.25, 0.3) is 0 Å². The molecule has 15 heavy (non-hydrogen) atoms. The second-order valence-electron chi connectivity index (χ2n) is 4.52. The number of hydrogen-bond donors (Lipinski definition) is 2. The maximum absolute atomic E-state index is 9.35. The van der Waals surface area contributed by atoms with E-state index in [1.54, 1.807) is 11.3 Å². The molecule has 1 aliphatic carbocycles. The van der Waals surface area contributed by atoms with E-state index in [1.807, 2.05) is 25.9 Å². The number of aliphatic hydroxyl groups is 1. The van der Waals surface area contributed by atoms with Crippen LogP contribution in [0.1, 0.15) is 23.4 Å². The van der Waals surface area contributed by atoms with Crippen molar-refractivity contribution in [2.24, 2.45) is 5.73 Å². The minimum absolute atomic E-state index is 0.237. The number of hydrogen-bond acceptors (Lipinski definition) is 5. The molecule has 0 atom stereocenters. The molecular weight excluding hydrogens is 210 g/mol. The third kappa shape index (κ3) is 1.75. The van der Waals surface area contributed by atoms with E-state index in [1.165, 1.54) is 0 Å². The van der Waals surface area contributed by atoms with Crippen molar-refractivity contribution in [2.45, 2.75) is 31.4 Å². The van der Waals surface area contributed by atoms with Gasteiger partial charge in [-0.3, -0.25) is 0 Å².